The van der Waals surface area contributed by atoms with Crippen molar-refractivity contribution in [2.24, 2.45) is 5.92 Å². The standard InChI is InChI=1S/C15H20N2O/c1-12-5-6-14(9-16)15(8-12)17(2)10-13-4-3-7-18-11-13/h5-6,8,13H,3-4,7,10-11H2,1-2H3. The molecule has 0 amide bonds. The first-order chi connectivity index (χ1) is 8.70. The molecule has 0 aromatic heterocycles. The van der Waals surface area contributed by atoms with Crippen molar-refractivity contribution in [3.8, 4) is 6.07 Å². The van der Waals surface area contributed by atoms with Crippen molar-refractivity contribution in [2.45, 2.75) is 19.8 Å². The highest BCUT2D eigenvalue weighted by Gasteiger charge is 2.17. The van der Waals surface area contributed by atoms with Crippen LogP contribution in [-0.4, -0.2) is 26.8 Å². The summed E-state index contributed by atoms with van der Waals surface area (Å²) in [5.74, 6) is 0.579. The van der Waals surface area contributed by atoms with E-state index in [1.807, 2.05) is 12.1 Å². The molecule has 1 saturated heterocycles. The van der Waals surface area contributed by atoms with E-state index >= 15 is 0 Å². The average molecular weight is 244 g/mol. The quantitative estimate of drug-likeness (QED) is 0.820. The van der Waals surface area contributed by atoms with Gasteiger partial charge in [0.1, 0.15) is 6.07 Å². The maximum absolute atomic E-state index is 9.16. The summed E-state index contributed by atoms with van der Waals surface area (Å²) in [7, 11) is 2.06. The van der Waals surface area contributed by atoms with Crippen molar-refractivity contribution in [3.05, 3.63) is 29.3 Å². The van der Waals surface area contributed by atoms with Crippen LogP contribution in [0.1, 0.15) is 24.0 Å². The van der Waals surface area contributed by atoms with Crippen LogP contribution in [0, 0.1) is 24.2 Å². The number of anilines is 1. The fourth-order valence-electron chi connectivity index (χ4n) is 2.49. The number of nitrogens with zero attached hydrogens (tertiary/aromatic N) is 2. The summed E-state index contributed by atoms with van der Waals surface area (Å²) < 4.78 is 5.51. The van der Waals surface area contributed by atoms with Crippen LogP contribution in [-0.2, 0) is 4.74 Å². The summed E-state index contributed by atoms with van der Waals surface area (Å²) in [4.78, 5) is 2.19. The number of hydrogen-bond acceptors (Lipinski definition) is 3. The molecule has 1 atom stereocenters. The maximum atomic E-state index is 9.16. The van der Waals surface area contributed by atoms with Crippen LogP contribution in [0.2, 0.25) is 0 Å². The minimum absolute atomic E-state index is 0.579. The fourth-order valence-corrected chi connectivity index (χ4v) is 2.49. The molecular weight excluding hydrogens is 224 g/mol. The van der Waals surface area contributed by atoms with Crippen LogP contribution in [0.5, 0.6) is 0 Å². The third-order valence-corrected chi connectivity index (χ3v) is 3.47. The molecule has 3 heteroatoms. The highest BCUT2D eigenvalue weighted by molar-refractivity contribution is 5.60. The molecule has 1 aromatic carbocycles. The van der Waals surface area contributed by atoms with Crippen molar-refractivity contribution in [1.82, 2.24) is 0 Å². The van der Waals surface area contributed by atoms with Crippen molar-refractivity contribution in [1.29, 1.82) is 5.26 Å². The number of rotatable bonds is 3. The lowest BCUT2D eigenvalue weighted by Gasteiger charge is -2.29. The van der Waals surface area contributed by atoms with Crippen LogP contribution in [0.15, 0.2) is 18.2 Å². The second-order valence-electron chi connectivity index (χ2n) is 5.10. The van der Waals surface area contributed by atoms with Crippen LogP contribution < -0.4 is 4.90 Å². The molecule has 2 rings (SSSR count). The normalized spacial score (nSPS) is 19.3. The largest absolute Gasteiger partial charge is 0.381 e. The third-order valence-electron chi connectivity index (χ3n) is 3.47. The van der Waals surface area contributed by atoms with E-state index in [1.54, 1.807) is 0 Å². The molecule has 0 aliphatic carbocycles. The van der Waals surface area contributed by atoms with Crippen molar-refractivity contribution >= 4 is 5.69 Å². The Labute approximate surface area is 109 Å². The van der Waals surface area contributed by atoms with Crippen LogP contribution in [0.3, 0.4) is 0 Å². The molecule has 96 valence electrons. The Morgan fingerprint density at radius 3 is 3.00 bits per heavy atom. The summed E-state index contributed by atoms with van der Waals surface area (Å²) in [6, 6.07) is 8.24. The third kappa shape index (κ3) is 3.02. The average Bonchev–Trinajstić information content (AvgIpc) is 2.40. The van der Waals surface area contributed by atoms with E-state index in [4.69, 9.17) is 10.00 Å². The number of nitriles is 1. The van der Waals surface area contributed by atoms with Crippen molar-refractivity contribution in [2.75, 3.05) is 31.7 Å². The Kier molecular flexibility index (Phi) is 4.22. The van der Waals surface area contributed by atoms with Gasteiger partial charge in [-0.3, -0.25) is 0 Å². The lowest BCUT2D eigenvalue weighted by Crippen LogP contribution is -2.31. The SMILES string of the molecule is Cc1ccc(C#N)c(N(C)CC2CCCOC2)c1. The Bertz CT molecular complexity index is 444. The number of aryl methyl sites for hydroxylation is 1. The van der Waals surface area contributed by atoms with Gasteiger partial charge in [0.15, 0.2) is 0 Å². The Morgan fingerprint density at radius 2 is 2.33 bits per heavy atom. The van der Waals surface area contributed by atoms with Crippen LogP contribution in [0.4, 0.5) is 5.69 Å². The first-order valence-corrected chi connectivity index (χ1v) is 6.50. The molecule has 18 heavy (non-hydrogen) atoms. The molecule has 0 N–H and O–H groups in total. The van der Waals surface area contributed by atoms with E-state index in [2.05, 4.69) is 31.0 Å². The molecular formula is C15H20N2O. The van der Waals surface area contributed by atoms with Gasteiger partial charge in [0.25, 0.3) is 0 Å². The monoisotopic (exact) mass is 244 g/mol. The summed E-state index contributed by atoms with van der Waals surface area (Å²) in [5, 5.41) is 9.16. The first kappa shape index (κ1) is 12.9. The number of ether oxygens (including phenoxy) is 1. The highest BCUT2D eigenvalue weighted by atomic mass is 16.5. The smallest absolute Gasteiger partial charge is 0.101 e. The molecule has 0 spiro atoms. The number of benzene rings is 1. The van der Waals surface area contributed by atoms with E-state index in [1.165, 1.54) is 12.0 Å². The van der Waals surface area contributed by atoms with Gasteiger partial charge < -0.3 is 9.64 Å². The summed E-state index contributed by atoms with van der Waals surface area (Å²) in [5.41, 5.74) is 2.97. The Hall–Kier alpha value is -1.53. The molecule has 1 aliphatic heterocycles. The second kappa shape index (κ2) is 5.88. The van der Waals surface area contributed by atoms with Crippen molar-refractivity contribution in [3.63, 3.8) is 0 Å². The zero-order valence-corrected chi connectivity index (χ0v) is 11.1. The zero-order valence-electron chi connectivity index (χ0n) is 11.1. The second-order valence-corrected chi connectivity index (χ2v) is 5.10. The van der Waals surface area contributed by atoms with Gasteiger partial charge in [0.2, 0.25) is 0 Å². The van der Waals surface area contributed by atoms with Gasteiger partial charge in [-0.05, 0) is 43.4 Å². The maximum Gasteiger partial charge on any atom is 0.101 e. The zero-order chi connectivity index (χ0) is 13.0. The topological polar surface area (TPSA) is 36.3 Å². The molecule has 0 saturated carbocycles. The molecule has 1 fully saturated rings. The predicted octanol–water partition coefficient (Wildman–Crippen LogP) is 2.73. The van der Waals surface area contributed by atoms with Gasteiger partial charge in [-0.15, -0.1) is 0 Å². The van der Waals surface area contributed by atoms with E-state index < -0.39 is 0 Å². The first-order valence-electron chi connectivity index (χ1n) is 6.50. The summed E-state index contributed by atoms with van der Waals surface area (Å²) in [6.45, 7) is 4.76. The van der Waals surface area contributed by atoms with Gasteiger partial charge in [0.05, 0.1) is 17.9 Å². The summed E-state index contributed by atoms with van der Waals surface area (Å²) >= 11 is 0. The minimum Gasteiger partial charge on any atom is -0.381 e. The molecule has 0 bridgehead atoms. The fraction of sp³-hybridized carbons (Fsp3) is 0.533. The predicted molar refractivity (Wildman–Crippen MR) is 72.7 cm³/mol. The van der Waals surface area contributed by atoms with Gasteiger partial charge in [-0.2, -0.15) is 5.26 Å². The molecule has 3 nitrogen and oxygen atoms in total. The molecule has 1 aromatic rings. The summed E-state index contributed by atoms with van der Waals surface area (Å²) in [6.07, 6.45) is 2.37. The van der Waals surface area contributed by atoms with E-state index in [-0.39, 0.29) is 0 Å². The number of hydrogen-bond donors (Lipinski definition) is 0. The minimum atomic E-state index is 0.579. The lowest BCUT2D eigenvalue weighted by molar-refractivity contribution is 0.0576. The van der Waals surface area contributed by atoms with Crippen LogP contribution in [0.25, 0.3) is 0 Å². The van der Waals surface area contributed by atoms with Gasteiger partial charge in [-0.1, -0.05) is 6.07 Å². The highest BCUT2D eigenvalue weighted by Crippen LogP contribution is 2.23. The van der Waals surface area contributed by atoms with Crippen molar-refractivity contribution < 1.29 is 4.74 Å². The molecule has 1 unspecified atom stereocenters. The molecule has 1 heterocycles. The Balaban J connectivity index is 2.10. The molecule has 0 radical (unpaired) electrons. The van der Waals surface area contributed by atoms with Crippen LogP contribution >= 0.6 is 0 Å². The van der Waals surface area contributed by atoms with Gasteiger partial charge in [-0.25, -0.2) is 0 Å². The van der Waals surface area contributed by atoms with Gasteiger partial charge >= 0.3 is 0 Å². The van der Waals surface area contributed by atoms with E-state index in [0.29, 0.717) is 5.92 Å². The van der Waals surface area contributed by atoms with Gasteiger partial charge in [0, 0.05) is 20.2 Å². The molecule has 1 aliphatic rings. The Morgan fingerprint density at radius 1 is 1.50 bits per heavy atom. The van der Waals surface area contributed by atoms with E-state index in [9.17, 15) is 0 Å². The lowest BCUT2D eigenvalue weighted by atomic mass is 10.0. The van der Waals surface area contributed by atoms with E-state index in [0.717, 1.165) is 37.4 Å².